The molecule has 6 nitrogen and oxygen atoms in total. The molecule has 0 radical (unpaired) electrons. The molecule has 0 aliphatic carbocycles. The highest BCUT2D eigenvalue weighted by molar-refractivity contribution is 8.10. The number of rotatable bonds is 6. The first kappa shape index (κ1) is 19.6. The number of aliphatic hydroxyl groups is 1. The maximum atomic E-state index is 13.0. The van der Waals surface area contributed by atoms with Gasteiger partial charge in [0.1, 0.15) is 0 Å². The molecule has 2 N–H and O–H groups in total. The van der Waals surface area contributed by atoms with Gasteiger partial charge in [-0.2, -0.15) is 0 Å². The quantitative estimate of drug-likeness (QED) is 0.782. The summed E-state index contributed by atoms with van der Waals surface area (Å²) in [5.41, 5.74) is 1.63. The van der Waals surface area contributed by atoms with E-state index in [9.17, 15) is 21.9 Å². The van der Waals surface area contributed by atoms with Crippen LogP contribution in [0.2, 0.25) is 0 Å². The van der Waals surface area contributed by atoms with E-state index >= 15 is 0 Å². The van der Waals surface area contributed by atoms with Crippen LogP contribution in [-0.4, -0.2) is 39.8 Å². The van der Waals surface area contributed by atoms with Gasteiger partial charge in [0, 0.05) is 0 Å². The molecule has 0 saturated heterocycles. The topological polar surface area (TPSA) is 101 Å². The van der Waals surface area contributed by atoms with Gasteiger partial charge in [-0.05, 0) is 45.2 Å². The second-order valence-electron chi connectivity index (χ2n) is 5.88. The van der Waals surface area contributed by atoms with Crippen molar-refractivity contribution in [3.63, 3.8) is 0 Å². The predicted octanol–water partition coefficient (Wildman–Crippen LogP) is 1.42. The first-order chi connectivity index (χ1) is 11.6. The highest BCUT2D eigenvalue weighted by Crippen LogP contribution is 2.33. The summed E-state index contributed by atoms with van der Waals surface area (Å²) in [6, 6.07) is 11.3. The average Bonchev–Trinajstić information content (AvgIpc) is 2.55. The molecule has 0 bridgehead atoms. The lowest BCUT2D eigenvalue weighted by Crippen LogP contribution is -2.52. The minimum absolute atomic E-state index is 0.258. The number of hydrogen-bond acceptors (Lipinski definition) is 6. The molecule has 0 amide bonds. The predicted molar refractivity (Wildman–Crippen MR) is 95.6 cm³/mol. The molecule has 0 saturated carbocycles. The van der Waals surface area contributed by atoms with Crippen molar-refractivity contribution in [2.24, 2.45) is 0 Å². The normalized spacial score (nSPS) is 13.0. The summed E-state index contributed by atoms with van der Waals surface area (Å²) in [4.78, 5) is -0.516. The van der Waals surface area contributed by atoms with Gasteiger partial charge in [0.25, 0.3) is 4.27 Å². The van der Waals surface area contributed by atoms with Crippen LogP contribution < -0.4 is 5.32 Å². The van der Waals surface area contributed by atoms with Gasteiger partial charge in [0.05, 0.1) is 16.3 Å². The van der Waals surface area contributed by atoms with Crippen LogP contribution in [0.15, 0.2) is 58.3 Å². The van der Waals surface area contributed by atoms with Gasteiger partial charge in [-0.3, -0.25) is 0 Å². The van der Waals surface area contributed by atoms with Crippen LogP contribution in [0.5, 0.6) is 0 Å². The maximum Gasteiger partial charge on any atom is 0.289 e. The Hall–Kier alpha value is -1.74. The zero-order valence-corrected chi connectivity index (χ0v) is 15.9. The number of sulfone groups is 2. The molecule has 0 aliphatic heterocycles. The summed E-state index contributed by atoms with van der Waals surface area (Å²) in [6.45, 7) is 2.89. The molecule has 0 atom stereocenters. The van der Waals surface area contributed by atoms with E-state index < -0.39 is 30.5 Å². The fourth-order valence-electron chi connectivity index (χ4n) is 2.36. The monoisotopic (exact) mass is 383 g/mol. The van der Waals surface area contributed by atoms with Crippen molar-refractivity contribution in [1.82, 2.24) is 5.32 Å². The maximum absolute atomic E-state index is 13.0. The molecule has 0 spiro atoms. The van der Waals surface area contributed by atoms with Crippen LogP contribution >= 0.6 is 0 Å². The summed E-state index contributed by atoms with van der Waals surface area (Å²) in [5.74, 6) is 0. The van der Waals surface area contributed by atoms with E-state index in [-0.39, 0.29) is 9.79 Å². The molecule has 2 rings (SSSR count). The Morgan fingerprint density at radius 1 is 0.800 bits per heavy atom. The van der Waals surface area contributed by atoms with E-state index in [1.807, 2.05) is 0 Å². The Bertz CT molecular complexity index is 872. The first-order valence-electron chi connectivity index (χ1n) is 7.56. The van der Waals surface area contributed by atoms with Crippen molar-refractivity contribution >= 4 is 19.7 Å². The van der Waals surface area contributed by atoms with Crippen molar-refractivity contribution in [3.8, 4) is 0 Å². The van der Waals surface area contributed by atoms with E-state index in [0.717, 1.165) is 11.1 Å². The van der Waals surface area contributed by atoms with E-state index in [1.54, 1.807) is 38.1 Å². The first-order valence-corrected chi connectivity index (χ1v) is 10.5. The lowest BCUT2D eigenvalue weighted by Gasteiger charge is -2.27. The molecule has 0 fully saturated rings. The molecule has 0 aromatic heterocycles. The third-order valence-corrected chi connectivity index (χ3v) is 8.97. The third kappa shape index (κ3) is 3.35. The van der Waals surface area contributed by atoms with Crippen molar-refractivity contribution in [1.29, 1.82) is 0 Å². The molecule has 8 heteroatoms. The molecular formula is C17H21NO5S2. The molecule has 2 aromatic carbocycles. The van der Waals surface area contributed by atoms with Gasteiger partial charge < -0.3 is 10.4 Å². The molecule has 25 heavy (non-hydrogen) atoms. The van der Waals surface area contributed by atoms with Crippen molar-refractivity contribution in [2.75, 3.05) is 13.6 Å². The fourth-order valence-corrected chi connectivity index (χ4v) is 6.49. The minimum atomic E-state index is -4.59. The SMILES string of the molecule is CNCC(O)(S(=O)(=O)c1ccc(C)cc1)S(=O)(=O)c1ccc(C)cc1. The Morgan fingerprint density at radius 2 is 1.12 bits per heavy atom. The fraction of sp³-hybridized carbons (Fsp3) is 0.294. The largest absolute Gasteiger partial charge is 0.361 e. The number of aryl methyl sites for hydroxylation is 2. The summed E-state index contributed by atoms with van der Waals surface area (Å²) in [5, 5.41) is 13.3. The van der Waals surface area contributed by atoms with Crippen molar-refractivity contribution in [2.45, 2.75) is 27.9 Å². The van der Waals surface area contributed by atoms with Crippen LogP contribution in [0.25, 0.3) is 0 Å². The zero-order chi connectivity index (χ0) is 18.9. The highest BCUT2D eigenvalue weighted by atomic mass is 32.3. The Kier molecular flexibility index (Phi) is 5.38. The molecule has 2 aromatic rings. The van der Waals surface area contributed by atoms with E-state index in [4.69, 9.17) is 0 Å². The molecular weight excluding hydrogens is 362 g/mol. The van der Waals surface area contributed by atoms with Crippen LogP contribution in [0.4, 0.5) is 0 Å². The third-order valence-electron chi connectivity index (χ3n) is 3.90. The smallest absolute Gasteiger partial charge is 0.289 e. The van der Waals surface area contributed by atoms with Gasteiger partial charge >= 0.3 is 0 Å². The standard InChI is InChI=1S/C17H21NO5S2/c1-13-4-8-15(9-5-13)24(20,21)17(19,12-18-3)25(22,23)16-10-6-14(2)7-11-16/h4-11,18-19H,12H2,1-3H3. The number of hydrogen-bond donors (Lipinski definition) is 2. The van der Waals surface area contributed by atoms with Gasteiger partial charge in [0.2, 0.25) is 19.7 Å². The zero-order valence-electron chi connectivity index (χ0n) is 14.2. The summed E-state index contributed by atoms with van der Waals surface area (Å²) >= 11 is 0. The van der Waals surface area contributed by atoms with E-state index in [1.165, 1.54) is 31.3 Å². The molecule has 0 aliphatic rings. The number of nitrogens with one attached hydrogen (secondary N) is 1. The Morgan fingerprint density at radius 3 is 1.40 bits per heavy atom. The average molecular weight is 383 g/mol. The summed E-state index contributed by atoms with van der Waals surface area (Å²) in [6.07, 6.45) is 0. The number of benzene rings is 2. The second-order valence-corrected chi connectivity index (χ2v) is 10.4. The minimum Gasteiger partial charge on any atom is -0.361 e. The Labute approximate surface area is 148 Å². The lowest BCUT2D eigenvalue weighted by molar-refractivity contribution is 0.201. The number of likely N-dealkylation sites (N-methyl/N-ethyl adjacent to an activating group) is 1. The molecule has 0 heterocycles. The van der Waals surface area contributed by atoms with Gasteiger partial charge in [-0.1, -0.05) is 35.4 Å². The van der Waals surface area contributed by atoms with E-state index in [2.05, 4.69) is 5.32 Å². The summed E-state index contributed by atoms with van der Waals surface area (Å²) in [7, 11) is -7.81. The second kappa shape index (κ2) is 6.87. The lowest BCUT2D eigenvalue weighted by atomic mass is 10.2. The van der Waals surface area contributed by atoms with Crippen LogP contribution in [0.3, 0.4) is 0 Å². The van der Waals surface area contributed by atoms with Crippen LogP contribution in [0, 0.1) is 13.8 Å². The Balaban J connectivity index is 2.68. The summed E-state index contributed by atoms with van der Waals surface area (Å²) < 4.78 is 48.9. The van der Waals surface area contributed by atoms with Gasteiger partial charge in [0.15, 0.2) is 0 Å². The molecule has 136 valence electrons. The van der Waals surface area contributed by atoms with Crippen LogP contribution in [-0.2, 0) is 19.7 Å². The van der Waals surface area contributed by atoms with Crippen LogP contribution in [0.1, 0.15) is 11.1 Å². The van der Waals surface area contributed by atoms with Gasteiger partial charge in [-0.25, -0.2) is 16.8 Å². The van der Waals surface area contributed by atoms with Gasteiger partial charge in [-0.15, -0.1) is 0 Å². The van der Waals surface area contributed by atoms with Crippen molar-refractivity contribution in [3.05, 3.63) is 59.7 Å². The van der Waals surface area contributed by atoms with E-state index in [0.29, 0.717) is 0 Å². The van der Waals surface area contributed by atoms with Crippen molar-refractivity contribution < 1.29 is 21.9 Å². The highest BCUT2D eigenvalue weighted by Gasteiger charge is 2.54. The molecule has 0 unspecified atom stereocenters.